The van der Waals surface area contributed by atoms with Crippen molar-refractivity contribution in [3.8, 4) is 0 Å². The Balaban J connectivity index is 3.07. The average molecular weight is 237 g/mol. The SMILES string of the molecule is CO/N=C(/C(=O)OC)C1CC=CC=C1C(C)=O. The summed E-state index contributed by atoms with van der Waals surface area (Å²) in [4.78, 5) is 27.7. The molecule has 1 aliphatic carbocycles. The van der Waals surface area contributed by atoms with Crippen LogP contribution in [-0.4, -0.2) is 31.7 Å². The molecule has 0 heterocycles. The lowest BCUT2D eigenvalue weighted by Gasteiger charge is -2.19. The number of esters is 1. The molecule has 5 heteroatoms. The first kappa shape index (κ1) is 13.2. The first-order chi connectivity index (χ1) is 8.11. The molecule has 1 rings (SSSR count). The van der Waals surface area contributed by atoms with E-state index in [0.29, 0.717) is 12.0 Å². The minimum absolute atomic E-state index is 0.0907. The Kier molecular flexibility index (Phi) is 4.63. The number of carbonyl (C=O) groups is 2. The van der Waals surface area contributed by atoms with Crippen molar-refractivity contribution in [3.63, 3.8) is 0 Å². The number of hydrogen-bond acceptors (Lipinski definition) is 5. The fourth-order valence-corrected chi connectivity index (χ4v) is 1.70. The summed E-state index contributed by atoms with van der Waals surface area (Å²) in [6.07, 6.45) is 5.87. The lowest BCUT2D eigenvalue weighted by atomic mass is 9.85. The van der Waals surface area contributed by atoms with Gasteiger partial charge in [0.15, 0.2) is 11.5 Å². The lowest BCUT2D eigenvalue weighted by Crippen LogP contribution is -2.29. The molecule has 0 aromatic heterocycles. The topological polar surface area (TPSA) is 65.0 Å². The molecule has 0 aliphatic heterocycles. The fraction of sp³-hybridized carbons (Fsp3) is 0.417. The third kappa shape index (κ3) is 3.03. The van der Waals surface area contributed by atoms with Gasteiger partial charge in [-0.15, -0.1) is 0 Å². The van der Waals surface area contributed by atoms with Crippen molar-refractivity contribution in [2.75, 3.05) is 14.2 Å². The molecular weight excluding hydrogens is 222 g/mol. The van der Waals surface area contributed by atoms with Crippen LogP contribution < -0.4 is 0 Å². The highest BCUT2D eigenvalue weighted by atomic mass is 16.6. The summed E-state index contributed by atoms with van der Waals surface area (Å²) in [5.74, 6) is -1.07. The summed E-state index contributed by atoms with van der Waals surface area (Å²) in [6, 6.07) is 0. The maximum absolute atomic E-state index is 11.6. The zero-order valence-electron chi connectivity index (χ0n) is 10.1. The van der Waals surface area contributed by atoms with Gasteiger partial charge in [0.05, 0.1) is 7.11 Å². The molecule has 0 fully saturated rings. The summed E-state index contributed by atoms with van der Waals surface area (Å²) in [7, 11) is 2.61. The number of oxime groups is 1. The van der Waals surface area contributed by atoms with Crippen LogP contribution in [0.5, 0.6) is 0 Å². The smallest absolute Gasteiger partial charge is 0.356 e. The van der Waals surface area contributed by atoms with E-state index in [2.05, 4.69) is 14.7 Å². The Morgan fingerprint density at radius 2 is 2.12 bits per heavy atom. The molecule has 0 spiro atoms. The van der Waals surface area contributed by atoms with E-state index >= 15 is 0 Å². The van der Waals surface area contributed by atoms with Gasteiger partial charge in [0.2, 0.25) is 0 Å². The van der Waals surface area contributed by atoms with Gasteiger partial charge in [-0.05, 0) is 13.3 Å². The van der Waals surface area contributed by atoms with Crippen molar-refractivity contribution in [1.82, 2.24) is 0 Å². The van der Waals surface area contributed by atoms with Gasteiger partial charge in [-0.3, -0.25) is 4.79 Å². The van der Waals surface area contributed by atoms with Crippen LogP contribution in [0, 0.1) is 5.92 Å². The number of nitrogens with zero attached hydrogens (tertiary/aromatic N) is 1. The van der Waals surface area contributed by atoms with Crippen molar-refractivity contribution in [2.45, 2.75) is 13.3 Å². The fourth-order valence-electron chi connectivity index (χ4n) is 1.70. The first-order valence-corrected chi connectivity index (χ1v) is 5.18. The van der Waals surface area contributed by atoms with Crippen LogP contribution >= 0.6 is 0 Å². The number of Topliss-reactive ketones (excluding diaryl/α,β-unsaturated/α-hetero) is 1. The molecule has 5 nitrogen and oxygen atoms in total. The van der Waals surface area contributed by atoms with Crippen molar-refractivity contribution in [2.24, 2.45) is 11.1 Å². The Morgan fingerprint density at radius 3 is 2.65 bits per heavy atom. The number of methoxy groups -OCH3 is 1. The summed E-state index contributed by atoms with van der Waals surface area (Å²) in [5, 5.41) is 3.67. The van der Waals surface area contributed by atoms with Gasteiger partial charge in [-0.2, -0.15) is 0 Å². The second-order valence-corrected chi connectivity index (χ2v) is 3.55. The summed E-state index contributed by atoms with van der Waals surface area (Å²) in [5.41, 5.74) is 0.648. The monoisotopic (exact) mass is 237 g/mol. The normalized spacial score (nSPS) is 19.6. The van der Waals surface area contributed by atoms with Crippen LogP contribution in [0.25, 0.3) is 0 Å². The summed E-state index contributed by atoms with van der Waals surface area (Å²) < 4.78 is 4.63. The maximum atomic E-state index is 11.6. The Labute approximate surface area is 99.8 Å². The molecule has 0 aromatic rings. The molecule has 92 valence electrons. The second-order valence-electron chi connectivity index (χ2n) is 3.55. The number of carbonyl (C=O) groups excluding carboxylic acids is 2. The number of allylic oxidation sites excluding steroid dienone is 4. The second kappa shape index (κ2) is 5.98. The van der Waals surface area contributed by atoms with Crippen LogP contribution in [0.2, 0.25) is 0 Å². The van der Waals surface area contributed by atoms with Crippen molar-refractivity contribution in [1.29, 1.82) is 0 Å². The molecule has 17 heavy (non-hydrogen) atoms. The quantitative estimate of drug-likeness (QED) is 0.419. The molecule has 1 aliphatic rings. The zero-order valence-corrected chi connectivity index (χ0v) is 10.1. The molecule has 0 saturated carbocycles. The van der Waals surface area contributed by atoms with E-state index in [1.165, 1.54) is 21.1 Å². The van der Waals surface area contributed by atoms with Gasteiger partial charge >= 0.3 is 5.97 Å². The molecule has 0 amide bonds. The number of ketones is 1. The molecule has 1 atom stereocenters. The lowest BCUT2D eigenvalue weighted by molar-refractivity contribution is -0.133. The van der Waals surface area contributed by atoms with Crippen molar-refractivity contribution < 1.29 is 19.2 Å². The third-order valence-corrected chi connectivity index (χ3v) is 2.48. The summed E-state index contributed by atoms with van der Waals surface area (Å²) >= 11 is 0. The van der Waals surface area contributed by atoms with E-state index in [1.54, 1.807) is 12.2 Å². The van der Waals surface area contributed by atoms with Crippen molar-refractivity contribution in [3.05, 3.63) is 23.8 Å². The van der Waals surface area contributed by atoms with E-state index in [-0.39, 0.29) is 11.5 Å². The number of hydrogen-bond donors (Lipinski definition) is 0. The molecule has 0 saturated heterocycles. The highest BCUT2D eigenvalue weighted by molar-refractivity contribution is 6.38. The minimum atomic E-state index is -0.584. The molecule has 1 unspecified atom stereocenters. The Hall–Kier alpha value is -1.91. The van der Waals surface area contributed by atoms with Crippen LogP contribution in [0.4, 0.5) is 0 Å². The van der Waals surface area contributed by atoms with Gasteiger partial charge in [-0.1, -0.05) is 23.4 Å². The van der Waals surface area contributed by atoms with Crippen LogP contribution in [-0.2, 0) is 19.2 Å². The maximum Gasteiger partial charge on any atom is 0.356 e. The zero-order chi connectivity index (χ0) is 12.8. The third-order valence-electron chi connectivity index (χ3n) is 2.48. The molecule has 0 aromatic carbocycles. The van der Waals surface area contributed by atoms with Crippen molar-refractivity contribution >= 4 is 17.5 Å². The number of ether oxygens (including phenoxy) is 1. The molecule has 0 radical (unpaired) electrons. The highest BCUT2D eigenvalue weighted by Gasteiger charge is 2.30. The Morgan fingerprint density at radius 1 is 1.41 bits per heavy atom. The van der Waals surface area contributed by atoms with Crippen LogP contribution in [0.3, 0.4) is 0 Å². The van der Waals surface area contributed by atoms with Gasteiger partial charge in [-0.25, -0.2) is 4.79 Å². The van der Waals surface area contributed by atoms with Crippen LogP contribution in [0.1, 0.15) is 13.3 Å². The number of rotatable bonds is 4. The van der Waals surface area contributed by atoms with E-state index in [4.69, 9.17) is 0 Å². The van der Waals surface area contributed by atoms with Gasteiger partial charge in [0.1, 0.15) is 7.11 Å². The molecule has 0 bridgehead atoms. The van der Waals surface area contributed by atoms with E-state index in [0.717, 1.165) is 0 Å². The van der Waals surface area contributed by atoms with Gasteiger partial charge in [0.25, 0.3) is 0 Å². The first-order valence-electron chi connectivity index (χ1n) is 5.18. The van der Waals surface area contributed by atoms with Gasteiger partial charge in [0, 0.05) is 11.5 Å². The Bertz CT molecular complexity index is 407. The van der Waals surface area contributed by atoms with E-state index in [1.807, 2.05) is 6.08 Å². The van der Waals surface area contributed by atoms with Crippen LogP contribution in [0.15, 0.2) is 29.0 Å². The minimum Gasteiger partial charge on any atom is -0.464 e. The molecular formula is C12H15NO4. The average Bonchev–Trinajstić information content (AvgIpc) is 2.35. The predicted molar refractivity (Wildman–Crippen MR) is 62.5 cm³/mol. The standard InChI is InChI=1S/C12H15NO4/c1-8(14)9-6-4-5-7-10(9)11(13-17-3)12(15)16-2/h4-6,10H,7H2,1-3H3/b13-11+. The largest absolute Gasteiger partial charge is 0.464 e. The predicted octanol–water partition coefficient (Wildman–Crippen LogP) is 1.25. The molecule has 0 N–H and O–H groups in total. The highest BCUT2D eigenvalue weighted by Crippen LogP contribution is 2.23. The summed E-state index contributed by atoms with van der Waals surface area (Å²) in [6.45, 7) is 1.46. The van der Waals surface area contributed by atoms with Gasteiger partial charge < -0.3 is 9.57 Å². The van der Waals surface area contributed by atoms with E-state index < -0.39 is 11.9 Å². The van der Waals surface area contributed by atoms with E-state index in [9.17, 15) is 9.59 Å².